The third-order valence-electron chi connectivity index (χ3n) is 5.21. The number of hydrogen-bond acceptors (Lipinski definition) is 0. The minimum Gasteiger partial charge on any atom is -0.0654 e. The molecule has 0 N–H and O–H groups in total. The second-order valence-corrected chi connectivity index (χ2v) is 7.02. The first kappa shape index (κ1) is 18.0. The van der Waals surface area contributed by atoms with Crippen molar-refractivity contribution >= 4 is 10.8 Å². The van der Waals surface area contributed by atoms with Gasteiger partial charge in [0.05, 0.1) is 0 Å². The van der Waals surface area contributed by atoms with Gasteiger partial charge in [-0.05, 0) is 84.5 Å². The molecule has 0 bridgehead atoms. The zero-order valence-corrected chi connectivity index (χ0v) is 15.9. The highest BCUT2D eigenvalue weighted by molar-refractivity contribution is 5.93. The molecule has 0 amide bonds. The van der Waals surface area contributed by atoms with E-state index in [1.54, 1.807) is 22.3 Å². The highest BCUT2D eigenvalue weighted by Gasteiger charge is 2.17. The van der Waals surface area contributed by atoms with Gasteiger partial charge in [0.25, 0.3) is 0 Å². The van der Waals surface area contributed by atoms with Gasteiger partial charge >= 0.3 is 0 Å². The number of benzene rings is 2. The highest BCUT2D eigenvalue weighted by atomic mass is 14.2. The van der Waals surface area contributed by atoms with Gasteiger partial charge in [-0.15, -0.1) is 0 Å². The van der Waals surface area contributed by atoms with E-state index in [4.69, 9.17) is 0 Å². The van der Waals surface area contributed by atoms with Crippen LogP contribution in [0, 0.1) is 13.8 Å². The van der Waals surface area contributed by atoms with Gasteiger partial charge in [-0.25, -0.2) is 0 Å². The summed E-state index contributed by atoms with van der Waals surface area (Å²) in [4.78, 5) is 0. The summed E-state index contributed by atoms with van der Waals surface area (Å²) in [5, 5.41) is 3.06. The topological polar surface area (TPSA) is 0 Å². The first-order valence-electron chi connectivity index (χ1n) is 9.68. The Labute approximate surface area is 143 Å². The third kappa shape index (κ3) is 3.79. The van der Waals surface area contributed by atoms with Gasteiger partial charge in [0.15, 0.2) is 0 Å². The van der Waals surface area contributed by atoms with Gasteiger partial charge < -0.3 is 0 Å². The van der Waals surface area contributed by atoms with Gasteiger partial charge in [0.2, 0.25) is 0 Å². The summed E-state index contributed by atoms with van der Waals surface area (Å²) >= 11 is 0. The lowest BCUT2D eigenvalue weighted by molar-refractivity contribution is 0.749. The molecular weight excluding hydrogens is 276 g/mol. The predicted molar refractivity (Wildman–Crippen MR) is 105 cm³/mol. The van der Waals surface area contributed by atoms with Gasteiger partial charge in [0, 0.05) is 0 Å². The molecule has 0 fully saturated rings. The molecule has 0 aromatic heterocycles. The molecule has 0 atom stereocenters. The monoisotopic (exact) mass is 310 g/mol. The van der Waals surface area contributed by atoms with Crippen LogP contribution in [-0.2, 0) is 19.3 Å². The van der Waals surface area contributed by atoms with Crippen LogP contribution >= 0.6 is 0 Å². The van der Waals surface area contributed by atoms with E-state index >= 15 is 0 Å². The predicted octanol–water partition coefficient (Wildman–Crippen LogP) is 7.09. The molecule has 2 rings (SSSR count). The van der Waals surface area contributed by atoms with Crippen LogP contribution in [0.25, 0.3) is 10.8 Å². The average Bonchev–Trinajstić information content (AvgIpc) is 2.55. The Morgan fingerprint density at radius 1 is 0.696 bits per heavy atom. The minimum absolute atomic E-state index is 1.23. The number of unbranched alkanes of at least 4 members (excludes halogenated alkanes) is 2. The molecule has 0 unspecified atom stereocenters. The molecule has 0 aliphatic carbocycles. The summed E-state index contributed by atoms with van der Waals surface area (Å²) in [6.07, 6.45) is 10.1. The lowest BCUT2D eigenvalue weighted by Gasteiger charge is -2.22. The first-order chi connectivity index (χ1) is 11.2. The Balaban J connectivity index is 2.75. The molecule has 126 valence electrons. The SMILES string of the molecule is CCCCc1c(CCC)c(C)c2c(C)cccc2c1CCCC. The summed E-state index contributed by atoms with van der Waals surface area (Å²) in [5.74, 6) is 0. The molecule has 0 saturated carbocycles. The van der Waals surface area contributed by atoms with Gasteiger partial charge in [-0.2, -0.15) is 0 Å². The maximum atomic E-state index is 2.37. The molecule has 2 aromatic rings. The fraction of sp³-hybridized carbons (Fsp3) is 0.565. The first-order valence-corrected chi connectivity index (χ1v) is 9.68. The van der Waals surface area contributed by atoms with Crippen LogP contribution in [-0.4, -0.2) is 0 Å². The fourth-order valence-electron chi connectivity index (χ4n) is 4.02. The van der Waals surface area contributed by atoms with Crippen molar-refractivity contribution in [2.75, 3.05) is 0 Å². The number of rotatable bonds is 8. The summed E-state index contributed by atoms with van der Waals surface area (Å²) < 4.78 is 0. The van der Waals surface area contributed by atoms with Crippen molar-refractivity contribution in [2.24, 2.45) is 0 Å². The standard InChI is InChI=1S/C23H34/c1-6-9-14-20-19(12-8-3)18(5)23-17(4)13-11-16-22(23)21(20)15-10-7-2/h11,13,16H,6-10,12,14-15H2,1-5H3. The Morgan fingerprint density at radius 3 is 1.96 bits per heavy atom. The van der Waals surface area contributed by atoms with Gasteiger partial charge in [-0.3, -0.25) is 0 Å². The van der Waals surface area contributed by atoms with Crippen molar-refractivity contribution in [3.8, 4) is 0 Å². The van der Waals surface area contributed by atoms with Crippen LogP contribution in [0.4, 0.5) is 0 Å². The highest BCUT2D eigenvalue weighted by Crippen LogP contribution is 2.35. The lowest BCUT2D eigenvalue weighted by Crippen LogP contribution is -2.06. The normalized spacial score (nSPS) is 11.3. The van der Waals surface area contributed by atoms with Crippen molar-refractivity contribution in [2.45, 2.75) is 86.0 Å². The Bertz CT molecular complexity index is 649. The Kier molecular flexibility index (Phi) is 6.69. The molecule has 0 aliphatic heterocycles. The van der Waals surface area contributed by atoms with Crippen molar-refractivity contribution in [1.82, 2.24) is 0 Å². The summed E-state index contributed by atoms with van der Waals surface area (Å²) in [6.45, 7) is 11.6. The Hall–Kier alpha value is -1.30. The summed E-state index contributed by atoms with van der Waals surface area (Å²) in [6, 6.07) is 6.89. The molecule has 23 heavy (non-hydrogen) atoms. The van der Waals surface area contributed by atoms with E-state index in [-0.39, 0.29) is 0 Å². The lowest BCUT2D eigenvalue weighted by atomic mass is 9.83. The second-order valence-electron chi connectivity index (χ2n) is 7.02. The molecule has 0 aliphatic rings. The third-order valence-corrected chi connectivity index (χ3v) is 5.21. The number of hydrogen-bond donors (Lipinski definition) is 0. The molecule has 0 radical (unpaired) electrons. The summed E-state index contributed by atoms with van der Waals surface area (Å²) in [7, 11) is 0. The van der Waals surface area contributed by atoms with Crippen molar-refractivity contribution in [3.05, 3.63) is 46.0 Å². The molecule has 0 heterocycles. The van der Waals surface area contributed by atoms with E-state index in [2.05, 4.69) is 52.8 Å². The van der Waals surface area contributed by atoms with Crippen LogP contribution in [0.5, 0.6) is 0 Å². The molecular formula is C23H34. The van der Waals surface area contributed by atoms with E-state index in [1.165, 1.54) is 67.7 Å². The fourth-order valence-corrected chi connectivity index (χ4v) is 4.02. The van der Waals surface area contributed by atoms with Gasteiger partial charge in [-0.1, -0.05) is 58.2 Å². The maximum absolute atomic E-state index is 2.37. The van der Waals surface area contributed by atoms with Crippen molar-refractivity contribution in [3.63, 3.8) is 0 Å². The number of aryl methyl sites for hydroxylation is 3. The zero-order chi connectivity index (χ0) is 16.8. The van der Waals surface area contributed by atoms with Gasteiger partial charge in [0.1, 0.15) is 0 Å². The minimum atomic E-state index is 1.23. The maximum Gasteiger partial charge on any atom is -0.0120 e. The van der Waals surface area contributed by atoms with Crippen LogP contribution < -0.4 is 0 Å². The number of fused-ring (bicyclic) bond motifs is 1. The van der Waals surface area contributed by atoms with Crippen molar-refractivity contribution < 1.29 is 0 Å². The van der Waals surface area contributed by atoms with E-state index in [0.29, 0.717) is 0 Å². The molecule has 2 aromatic carbocycles. The van der Waals surface area contributed by atoms with E-state index in [1.807, 2.05) is 0 Å². The second kappa shape index (κ2) is 8.52. The molecule has 0 nitrogen and oxygen atoms in total. The van der Waals surface area contributed by atoms with Crippen LogP contribution in [0.3, 0.4) is 0 Å². The van der Waals surface area contributed by atoms with Crippen LogP contribution in [0.1, 0.15) is 80.7 Å². The van der Waals surface area contributed by atoms with E-state index in [9.17, 15) is 0 Å². The summed E-state index contributed by atoms with van der Waals surface area (Å²) in [5.41, 5.74) is 8.00. The Morgan fingerprint density at radius 2 is 1.35 bits per heavy atom. The van der Waals surface area contributed by atoms with E-state index < -0.39 is 0 Å². The van der Waals surface area contributed by atoms with Crippen molar-refractivity contribution in [1.29, 1.82) is 0 Å². The van der Waals surface area contributed by atoms with E-state index in [0.717, 1.165) is 0 Å². The van der Waals surface area contributed by atoms with Crippen LogP contribution in [0.2, 0.25) is 0 Å². The molecule has 0 heteroatoms. The smallest absolute Gasteiger partial charge is 0.0120 e. The van der Waals surface area contributed by atoms with Crippen LogP contribution in [0.15, 0.2) is 18.2 Å². The molecule has 0 spiro atoms. The average molecular weight is 311 g/mol. The molecule has 0 saturated heterocycles. The largest absolute Gasteiger partial charge is 0.0654 e. The quantitative estimate of drug-likeness (QED) is 0.488. The zero-order valence-electron chi connectivity index (χ0n) is 15.9.